The molecule has 1 saturated heterocycles. The van der Waals surface area contributed by atoms with Gasteiger partial charge in [-0.3, -0.25) is 4.90 Å². The van der Waals surface area contributed by atoms with E-state index in [1.54, 1.807) is 0 Å². The number of benzene rings is 1. The smallest absolute Gasteiger partial charge is 0.259 e. The molecule has 0 spiro atoms. The van der Waals surface area contributed by atoms with Crippen LogP contribution in [0.2, 0.25) is 0 Å². The van der Waals surface area contributed by atoms with Crippen molar-refractivity contribution in [2.24, 2.45) is 0 Å². The fraction of sp³-hybridized carbons (Fsp3) is 0.429. The minimum atomic E-state index is 0.575. The van der Waals surface area contributed by atoms with Crippen LogP contribution in [0.4, 0.5) is 0 Å². The molecule has 0 aliphatic carbocycles. The molecule has 2 heterocycles. The van der Waals surface area contributed by atoms with Crippen molar-refractivity contribution in [1.82, 2.24) is 20.4 Å². The average molecular weight is 337 g/mol. The van der Waals surface area contributed by atoms with Crippen LogP contribution in [0.3, 0.4) is 0 Å². The monoisotopic (exact) mass is 336 g/mol. The summed E-state index contributed by atoms with van der Waals surface area (Å²) in [6, 6.07) is 6.03. The summed E-state index contributed by atoms with van der Waals surface area (Å²) in [5, 5.41) is 7.42. The van der Waals surface area contributed by atoms with Gasteiger partial charge in [-0.15, -0.1) is 0 Å². The third-order valence-electron chi connectivity index (χ3n) is 3.46. The van der Waals surface area contributed by atoms with Crippen LogP contribution in [0.5, 0.6) is 0 Å². The van der Waals surface area contributed by atoms with E-state index in [1.807, 2.05) is 25.1 Å². The van der Waals surface area contributed by atoms with Crippen LogP contribution in [0.1, 0.15) is 11.4 Å². The number of aromatic nitrogens is 2. The van der Waals surface area contributed by atoms with Gasteiger partial charge in [0.15, 0.2) is 5.82 Å². The van der Waals surface area contributed by atoms with Gasteiger partial charge in [0.1, 0.15) is 0 Å². The van der Waals surface area contributed by atoms with Gasteiger partial charge in [-0.25, -0.2) is 0 Å². The standard InChI is InChI=1S/C14H17BrN4O/c1-10-3-2-4-11(13(10)15)14-17-12(18-20-14)9-19-7-5-16-6-8-19/h2-4,16H,5-9H2,1H3. The van der Waals surface area contributed by atoms with Crippen molar-refractivity contribution in [1.29, 1.82) is 0 Å². The van der Waals surface area contributed by atoms with Crippen LogP contribution in [0.25, 0.3) is 11.5 Å². The van der Waals surface area contributed by atoms with Crippen molar-refractivity contribution in [3.63, 3.8) is 0 Å². The number of rotatable bonds is 3. The third-order valence-corrected chi connectivity index (χ3v) is 4.52. The van der Waals surface area contributed by atoms with Gasteiger partial charge in [0.05, 0.1) is 12.1 Å². The molecule has 20 heavy (non-hydrogen) atoms. The molecule has 2 aromatic rings. The van der Waals surface area contributed by atoms with E-state index in [4.69, 9.17) is 4.52 Å². The molecule has 0 radical (unpaired) electrons. The molecular weight excluding hydrogens is 320 g/mol. The van der Waals surface area contributed by atoms with Crippen LogP contribution in [0, 0.1) is 6.92 Å². The summed E-state index contributed by atoms with van der Waals surface area (Å²) < 4.78 is 6.41. The SMILES string of the molecule is Cc1cccc(-c2nc(CN3CCNCC3)no2)c1Br. The Labute approximate surface area is 126 Å². The van der Waals surface area contributed by atoms with E-state index < -0.39 is 0 Å². The Morgan fingerprint density at radius 3 is 2.95 bits per heavy atom. The van der Waals surface area contributed by atoms with Crippen LogP contribution < -0.4 is 5.32 Å². The Hall–Kier alpha value is -1.24. The maximum atomic E-state index is 5.39. The average Bonchev–Trinajstić information content (AvgIpc) is 2.91. The lowest BCUT2D eigenvalue weighted by atomic mass is 10.1. The summed E-state index contributed by atoms with van der Waals surface area (Å²) in [5.74, 6) is 1.32. The number of aryl methyl sites for hydroxylation is 1. The van der Waals surface area contributed by atoms with Gasteiger partial charge in [-0.05, 0) is 34.5 Å². The largest absolute Gasteiger partial charge is 0.334 e. The molecule has 0 saturated carbocycles. The van der Waals surface area contributed by atoms with Crippen LogP contribution in [0.15, 0.2) is 27.2 Å². The maximum absolute atomic E-state index is 5.39. The zero-order chi connectivity index (χ0) is 13.9. The second-order valence-corrected chi connectivity index (χ2v) is 5.77. The Morgan fingerprint density at radius 2 is 2.15 bits per heavy atom. The summed E-state index contributed by atoms with van der Waals surface area (Å²) in [6.45, 7) is 6.89. The van der Waals surface area contributed by atoms with E-state index in [-0.39, 0.29) is 0 Å². The van der Waals surface area contributed by atoms with E-state index in [9.17, 15) is 0 Å². The predicted octanol–water partition coefficient (Wildman–Crippen LogP) is 2.21. The minimum Gasteiger partial charge on any atom is -0.334 e. The van der Waals surface area contributed by atoms with Crippen molar-refractivity contribution in [3.8, 4) is 11.5 Å². The summed E-state index contributed by atoms with van der Waals surface area (Å²) >= 11 is 3.58. The minimum absolute atomic E-state index is 0.575. The van der Waals surface area contributed by atoms with Crippen molar-refractivity contribution >= 4 is 15.9 Å². The zero-order valence-electron chi connectivity index (χ0n) is 11.4. The van der Waals surface area contributed by atoms with Gasteiger partial charge in [0.25, 0.3) is 5.89 Å². The molecule has 106 valence electrons. The number of nitrogens with one attached hydrogen (secondary N) is 1. The van der Waals surface area contributed by atoms with Crippen molar-refractivity contribution in [2.75, 3.05) is 26.2 Å². The second-order valence-electron chi connectivity index (χ2n) is 4.98. The van der Waals surface area contributed by atoms with Gasteiger partial charge >= 0.3 is 0 Å². The quantitative estimate of drug-likeness (QED) is 0.931. The van der Waals surface area contributed by atoms with Gasteiger partial charge in [0.2, 0.25) is 0 Å². The second kappa shape index (κ2) is 6.03. The molecule has 0 atom stereocenters. The fourth-order valence-electron chi connectivity index (χ4n) is 2.31. The normalized spacial score (nSPS) is 16.5. The van der Waals surface area contributed by atoms with Gasteiger partial charge in [0, 0.05) is 30.7 Å². The molecule has 5 nitrogen and oxygen atoms in total. The molecule has 0 amide bonds. The molecular formula is C14H17BrN4O. The van der Waals surface area contributed by atoms with Crippen molar-refractivity contribution in [2.45, 2.75) is 13.5 Å². The highest BCUT2D eigenvalue weighted by Gasteiger charge is 2.16. The number of piperazine rings is 1. The van der Waals surface area contributed by atoms with E-state index >= 15 is 0 Å². The molecule has 6 heteroatoms. The first-order valence-corrected chi connectivity index (χ1v) is 7.54. The number of nitrogens with zero attached hydrogens (tertiary/aromatic N) is 3. The maximum Gasteiger partial charge on any atom is 0.259 e. The number of hydrogen-bond acceptors (Lipinski definition) is 5. The van der Waals surface area contributed by atoms with Crippen molar-refractivity contribution < 1.29 is 4.52 Å². The lowest BCUT2D eigenvalue weighted by molar-refractivity contribution is 0.225. The van der Waals surface area contributed by atoms with Gasteiger partial charge < -0.3 is 9.84 Å². The molecule has 3 rings (SSSR count). The predicted molar refractivity (Wildman–Crippen MR) is 80.3 cm³/mol. The molecule has 1 aromatic carbocycles. The molecule has 1 aliphatic heterocycles. The highest BCUT2D eigenvalue weighted by atomic mass is 79.9. The Bertz CT molecular complexity index is 593. The first-order valence-electron chi connectivity index (χ1n) is 6.75. The van der Waals surface area contributed by atoms with Crippen LogP contribution in [-0.4, -0.2) is 41.2 Å². The molecule has 1 aliphatic rings. The van der Waals surface area contributed by atoms with E-state index in [1.165, 1.54) is 0 Å². The lowest BCUT2D eigenvalue weighted by Gasteiger charge is -2.25. The molecule has 1 fully saturated rings. The first kappa shape index (κ1) is 13.7. The van der Waals surface area contributed by atoms with Crippen molar-refractivity contribution in [3.05, 3.63) is 34.1 Å². The lowest BCUT2D eigenvalue weighted by Crippen LogP contribution is -2.43. The first-order chi connectivity index (χ1) is 9.74. The summed E-state index contributed by atoms with van der Waals surface area (Å²) in [5.41, 5.74) is 2.11. The Kier molecular flexibility index (Phi) is 4.14. The molecule has 1 aromatic heterocycles. The highest BCUT2D eigenvalue weighted by molar-refractivity contribution is 9.10. The van der Waals surface area contributed by atoms with Crippen LogP contribution >= 0.6 is 15.9 Å². The highest BCUT2D eigenvalue weighted by Crippen LogP contribution is 2.29. The number of halogens is 1. The van der Waals surface area contributed by atoms with Gasteiger partial charge in [-0.1, -0.05) is 17.3 Å². The third kappa shape index (κ3) is 2.92. The topological polar surface area (TPSA) is 54.2 Å². The molecule has 0 bridgehead atoms. The Balaban J connectivity index is 1.77. The van der Waals surface area contributed by atoms with E-state index in [0.29, 0.717) is 5.89 Å². The molecule has 0 unspecified atom stereocenters. The summed E-state index contributed by atoms with van der Waals surface area (Å²) in [4.78, 5) is 6.84. The van der Waals surface area contributed by atoms with Crippen LogP contribution in [-0.2, 0) is 6.54 Å². The number of hydrogen-bond donors (Lipinski definition) is 1. The zero-order valence-corrected chi connectivity index (χ0v) is 13.0. The summed E-state index contributed by atoms with van der Waals surface area (Å²) in [6.07, 6.45) is 0. The fourth-order valence-corrected chi connectivity index (χ4v) is 2.74. The summed E-state index contributed by atoms with van der Waals surface area (Å²) in [7, 11) is 0. The van der Waals surface area contributed by atoms with E-state index in [2.05, 4.69) is 36.3 Å². The van der Waals surface area contributed by atoms with E-state index in [0.717, 1.165) is 54.1 Å². The molecule has 1 N–H and O–H groups in total. The van der Waals surface area contributed by atoms with Gasteiger partial charge in [-0.2, -0.15) is 4.98 Å². The Morgan fingerprint density at radius 1 is 1.35 bits per heavy atom.